The lowest BCUT2D eigenvalue weighted by atomic mass is 10.1. The minimum atomic E-state index is 0.130. The lowest BCUT2D eigenvalue weighted by Crippen LogP contribution is -2.46. The Bertz CT molecular complexity index is 1020. The highest BCUT2D eigenvalue weighted by molar-refractivity contribution is 6.33. The summed E-state index contributed by atoms with van der Waals surface area (Å²) in [5.74, 6) is 2.56. The van der Waals surface area contributed by atoms with Gasteiger partial charge in [0, 0.05) is 30.4 Å². The molecular formula is C21H23ClN6O2. The van der Waals surface area contributed by atoms with Crippen LogP contribution in [0.5, 0.6) is 5.75 Å². The molecule has 30 heavy (non-hydrogen) atoms. The molecule has 0 aliphatic carbocycles. The van der Waals surface area contributed by atoms with Crippen molar-refractivity contribution in [3.63, 3.8) is 0 Å². The number of hydrogen-bond donors (Lipinski definition) is 1. The summed E-state index contributed by atoms with van der Waals surface area (Å²) in [7, 11) is 1.61. The maximum Gasteiger partial charge on any atom is 0.227 e. The average molecular weight is 427 g/mol. The van der Waals surface area contributed by atoms with Gasteiger partial charge in [-0.2, -0.15) is 10.1 Å². The summed E-state index contributed by atoms with van der Waals surface area (Å²) in [5, 5.41) is 12.1. The van der Waals surface area contributed by atoms with E-state index in [0.717, 1.165) is 24.2 Å². The van der Waals surface area contributed by atoms with E-state index < -0.39 is 0 Å². The zero-order chi connectivity index (χ0) is 21.1. The Morgan fingerprint density at radius 3 is 2.67 bits per heavy atom. The molecule has 0 unspecified atom stereocenters. The molecule has 1 aliphatic rings. The van der Waals surface area contributed by atoms with Gasteiger partial charge in [-0.05, 0) is 44.2 Å². The van der Waals surface area contributed by atoms with Crippen molar-refractivity contribution in [2.75, 3.05) is 30.4 Å². The number of benzene rings is 1. The number of nitrogens with zero attached hydrogens (tertiary/aromatic N) is 5. The molecule has 1 saturated heterocycles. The van der Waals surface area contributed by atoms with Crippen molar-refractivity contribution >= 4 is 29.2 Å². The van der Waals surface area contributed by atoms with Gasteiger partial charge < -0.3 is 19.7 Å². The third-order valence-corrected chi connectivity index (χ3v) is 5.06. The average Bonchev–Trinajstić information content (AvgIpc) is 2.73. The highest BCUT2D eigenvalue weighted by Crippen LogP contribution is 2.31. The normalized spacial score (nSPS) is 18.9. The van der Waals surface area contributed by atoms with Crippen LogP contribution < -0.4 is 15.0 Å². The zero-order valence-electron chi connectivity index (χ0n) is 17.0. The molecule has 1 N–H and O–H groups in total. The predicted octanol–water partition coefficient (Wildman–Crippen LogP) is 3.95. The van der Waals surface area contributed by atoms with Crippen LogP contribution in [0.15, 0.2) is 42.7 Å². The molecule has 0 bridgehead atoms. The van der Waals surface area contributed by atoms with Crippen LogP contribution >= 0.6 is 11.6 Å². The number of nitrogens with one attached hydrogen (secondary N) is 1. The predicted molar refractivity (Wildman–Crippen MR) is 117 cm³/mol. The number of aromatic nitrogens is 4. The largest absolute Gasteiger partial charge is 0.497 e. The summed E-state index contributed by atoms with van der Waals surface area (Å²) in [6, 6.07) is 9.19. The third kappa shape index (κ3) is 4.60. The van der Waals surface area contributed by atoms with Crippen LogP contribution in [0.25, 0.3) is 11.1 Å². The van der Waals surface area contributed by atoms with Gasteiger partial charge in [0.1, 0.15) is 11.6 Å². The molecule has 2 aromatic heterocycles. The molecule has 1 aliphatic heterocycles. The van der Waals surface area contributed by atoms with Gasteiger partial charge in [0.2, 0.25) is 5.95 Å². The molecule has 8 nitrogen and oxygen atoms in total. The number of hydrogen-bond acceptors (Lipinski definition) is 8. The lowest BCUT2D eigenvalue weighted by Gasteiger charge is -2.35. The molecule has 156 valence electrons. The van der Waals surface area contributed by atoms with Crippen LogP contribution in [-0.4, -0.2) is 52.6 Å². The van der Waals surface area contributed by atoms with Crippen molar-refractivity contribution in [2.24, 2.45) is 0 Å². The topological polar surface area (TPSA) is 85.3 Å². The maximum absolute atomic E-state index is 6.40. The number of anilines is 3. The van der Waals surface area contributed by atoms with E-state index in [1.165, 1.54) is 0 Å². The number of methoxy groups -OCH3 is 1. The van der Waals surface area contributed by atoms with Gasteiger partial charge in [-0.3, -0.25) is 0 Å². The van der Waals surface area contributed by atoms with Crippen LogP contribution in [0.3, 0.4) is 0 Å². The first-order chi connectivity index (χ1) is 14.5. The van der Waals surface area contributed by atoms with Gasteiger partial charge in [0.05, 0.1) is 30.5 Å². The Balaban J connectivity index is 1.55. The summed E-state index contributed by atoms with van der Waals surface area (Å²) in [6.45, 7) is 5.60. The first kappa shape index (κ1) is 20.3. The van der Waals surface area contributed by atoms with Gasteiger partial charge in [-0.1, -0.05) is 11.6 Å². The SMILES string of the molecule is COc1ccc(-c2cnnc(Nc3ccnc(N4C[C@@H](C)O[C@@H](C)C4)n3)c2)c(Cl)c1. The summed E-state index contributed by atoms with van der Waals surface area (Å²) in [6.07, 6.45) is 3.66. The van der Waals surface area contributed by atoms with E-state index in [1.807, 2.05) is 18.2 Å². The van der Waals surface area contributed by atoms with E-state index in [9.17, 15) is 0 Å². The van der Waals surface area contributed by atoms with Crippen molar-refractivity contribution < 1.29 is 9.47 Å². The quantitative estimate of drug-likeness (QED) is 0.656. The summed E-state index contributed by atoms with van der Waals surface area (Å²) in [5.41, 5.74) is 1.68. The summed E-state index contributed by atoms with van der Waals surface area (Å²) >= 11 is 6.40. The molecule has 1 fully saturated rings. The van der Waals surface area contributed by atoms with Crippen LogP contribution in [0.4, 0.5) is 17.6 Å². The Labute approximate surface area is 180 Å². The first-order valence-corrected chi connectivity index (χ1v) is 10.1. The smallest absolute Gasteiger partial charge is 0.227 e. The fourth-order valence-corrected chi connectivity index (χ4v) is 3.75. The molecule has 0 saturated carbocycles. The molecule has 4 rings (SSSR count). The molecule has 0 radical (unpaired) electrons. The van der Waals surface area contributed by atoms with Gasteiger partial charge in [-0.25, -0.2) is 4.98 Å². The number of rotatable bonds is 5. The van der Waals surface area contributed by atoms with Gasteiger partial charge in [0.15, 0.2) is 5.82 Å². The van der Waals surface area contributed by atoms with Crippen LogP contribution in [0, 0.1) is 0 Å². The monoisotopic (exact) mass is 426 g/mol. The molecule has 0 amide bonds. The Kier molecular flexibility index (Phi) is 5.96. The van der Waals surface area contributed by atoms with Crippen molar-refractivity contribution in [1.82, 2.24) is 20.2 Å². The first-order valence-electron chi connectivity index (χ1n) is 9.69. The minimum Gasteiger partial charge on any atom is -0.497 e. The van der Waals surface area contributed by atoms with Crippen molar-refractivity contribution in [1.29, 1.82) is 0 Å². The number of morpholine rings is 1. The Morgan fingerprint density at radius 2 is 1.93 bits per heavy atom. The van der Waals surface area contributed by atoms with Crippen LogP contribution in [0.1, 0.15) is 13.8 Å². The van der Waals surface area contributed by atoms with Gasteiger partial charge >= 0.3 is 0 Å². The molecule has 0 spiro atoms. The number of halogens is 1. The van der Waals surface area contributed by atoms with Gasteiger partial charge in [-0.15, -0.1) is 5.10 Å². The van der Waals surface area contributed by atoms with E-state index in [2.05, 4.69) is 44.2 Å². The van der Waals surface area contributed by atoms with Crippen LogP contribution in [-0.2, 0) is 4.74 Å². The van der Waals surface area contributed by atoms with E-state index in [1.54, 1.807) is 31.6 Å². The second kappa shape index (κ2) is 8.81. The highest BCUT2D eigenvalue weighted by atomic mass is 35.5. The molecule has 2 atom stereocenters. The van der Waals surface area contributed by atoms with Crippen molar-refractivity contribution in [3.05, 3.63) is 47.7 Å². The Hall–Kier alpha value is -2.97. The van der Waals surface area contributed by atoms with Crippen LogP contribution in [0.2, 0.25) is 5.02 Å². The summed E-state index contributed by atoms with van der Waals surface area (Å²) in [4.78, 5) is 11.2. The minimum absolute atomic E-state index is 0.130. The molecule has 3 heterocycles. The third-order valence-electron chi connectivity index (χ3n) is 4.74. The van der Waals surface area contributed by atoms with E-state index in [0.29, 0.717) is 28.4 Å². The molecule has 9 heteroatoms. The van der Waals surface area contributed by atoms with Gasteiger partial charge in [0.25, 0.3) is 0 Å². The molecule has 1 aromatic carbocycles. The lowest BCUT2D eigenvalue weighted by molar-refractivity contribution is -0.00571. The fraction of sp³-hybridized carbons (Fsp3) is 0.333. The standard InChI is InChI=1S/C21H23ClN6O2/c1-13-11-28(12-14(2)30-13)21-23-7-6-19(26-21)25-20-8-15(10-24-27-20)17-5-4-16(29-3)9-18(17)22/h4-10,13-14H,11-12H2,1-3H3,(H,23,25,26,27)/t13-,14+. The van der Waals surface area contributed by atoms with E-state index in [4.69, 9.17) is 21.1 Å². The summed E-state index contributed by atoms with van der Waals surface area (Å²) < 4.78 is 11.0. The van der Waals surface area contributed by atoms with E-state index >= 15 is 0 Å². The fourth-order valence-electron chi connectivity index (χ4n) is 3.47. The van der Waals surface area contributed by atoms with Crippen molar-refractivity contribution in [3.8, 4) is 16.9 Å². The molecule has 3 aromatic rings. The van der Waals surface area contributed by atoms with Crippen molar-refractivity contribution in [2.45, 2.75) is 26.1 Å². The van der Waals surface area contributed by atoms with E-state index in [-0.39, 0.29) is 12.2 Å². The second-order valence-corrected chi connectivity index (χ2v) is 7.61. The number of ether oxygens (including phenoxy) is 2. The maximum atomic E-state index is 6.40. The Morgan fingerprint density at radius 1 is 1.13 bits per heavy atom. The zero-order valence-corrected chi connectivity index (χ0v) is 17.8. The molecular weight excluding hydrogens is 404 g/mol. The second-order valence-electron chi connectivity index (χ2n) is 7.20. The highest BCUT2D eigenvalue weighted by Gasteiger charge is 2.24.